The second kappa shape index (κ2) is 4.01. The van der Waals surface area contributed by atoms with Crippen LogP contribution in [0.15, 0.2) is 17.5 Å². The predicted molar refractivity (Wildman–Crippen MR) is 61.7 cm³/mol. The summed E-state index contributed by atoms with van der Waals surface area (Å²) < 4.78 is 0. The van der Waals surface area contributed by atoms with E-state index in [0.29, 0.717) is 5.54 Å². The first-order chi connectivity index (χ1) is 6.68. The summed E-state index contributed by atoms with van der Waals surface area (Å²) in [7, 11) is 0. The quantitative estimate of drug-likeness (QED) is 0.802. The average Bonchev–Trinajstić information content (AvgIpc) is 2.61. The van der Waals surface area contributed by atoms with Crippen molar-refractivity contribution in [2.24, 2.45) is 0 Å². The lowest BCUT2D eigenvalue weighted by atomic mass is 10.0. The van der Waals surface area contributed by atoms with Gasteiger partial charge in [-0.1, -0.05) is 6.07 Å². The Kier molecular flexibility index (Phi) is 2.91. The lowest BCUT2D eigenvalue weighted by molar-refractivity contribution is 0.0838. The van der Waals surface area contributed by atoms with E-state index in [-0.39, 0.29) is 0 Å². The Balaban J connectivity index is 2.02. The lowest BCUT2D eigenvalue weighted by Crippen LogP contribution is -2.57. The van der Waals surface area contributed by atoms with Crippen LogP contribution in [0.1, 0.15) is 18.7 Å². The molecule has 1 aliphatic heterocycles. The summed E-state index contributed by atoms with van der Waals surface area (Å²) in [5.41, 5.74) is 0.294. The molecule has 2 rings (SSSR count). The molecule has 0 amide bonds. The van der Waals surface area contributed by atoms with Crippen LogP contribution < -0.4 is 5.32 Å². The largest absolute Gasteiger partial charge is 0.314 e. The third-order valence-corrected chi connectivity index (χ3v) is 3.76. The van der Waals surface area contributed by atoms with Crippen molar-refractivity contribution in [2.45, 2.75) is 25.9 Å². The van der Waals surface area contributed by atoms with Crippen molar-refractivity contribution in [3.63, 3.8) is 0 Å². The summed E-state index contributed by atoms with van der Waals surface area (Å²) in [4.78, 5) is 4.04. The maximum atomic E-state index is 3.45. The van der Waals surface area contributed by atoms with Crippen LogP contribution in [0.3, 0.4) is 0 Å². The van der Waals surface area contributed by atoms with Gasteiger partial charge in [0, 0.05) is 36.6 Å². The van der Waals surface area contributed by atoms with Gasteiger partial charge in [0.25, 0.3) is 0 Å². The van der Waals surface area contributed by atoms with Crippen LogP contribution in [0, 0.1) is 0 Å². The molecule has 0 radical (unpaired) electrons. The first-order valence-corrected chi connectivity index (χ1v) is 6.05. The normalized spacial score (nSPS) is 22.4. The Bertz CT molecular complexity index is 279. The molecule has 1 aromatic heterocycles. The number of piperazine rings is 1. The Labute approximate surface area is 89.9 Å². The van der Waals surface area contributed by atoms with Crippen molar-refractivity contribution in [1.29, 1.82) is 0 Å². The zero-order valence-electron chi connectivity index (χ0n) is 8.92. The van der Waals surface area contributed by atoms with E-state index in [1.54, 1.807) is 0 Å². The topological polar surface area (TPSA) is 15.3 Å². The van der Waals surface area contributed by atoms with Crippen LogP contribution in [0.2, 0.25) is 0 Å². The number of hydrogen-bond donors (Lipinski definition) is 1. The fourth-order valence-electron chi connectivity index (χ4n) is 1.91. The summed E-state index contributed by atoms with van der Waals surface area (Å²) in [6, 6.07) is 4.36. The molecule has 3 heteroatoms. The molecule has 0 aromatic carbocycles. The fourth-order valence-corrected chi connectivity index (χ4v) is 2.63. The van der Waals surface area contributed by atoms with E-state index in [0.717, 1.165) is 26.2 Å². The Hall–Kier alpha value is -0.380. The van der Waals surface area contributed by atoms with Gasteiger partial charge in [0.2, 0.25) is 0 Å². The minimum atomic E-state index is 0.294. The highest BCUT2D eigenvalue weighted by Crippen LogP contribution is 2.21. The number of nitrogens with one attached hydrogen (secondary N) is 1. The van der Waals surface area contributed by atoms with E-state index in [1.807, 2.05) is 11.3 Å². The average molecular weight is 210 g/mol. The molecule has 2 nitrogen and oxygen atoms in total. The molecule has 14 heavy (non-hydrogen) atoms. The first-order valence-electron chi connectivity index (χ1n) is 5.17. The maximum absolute atomic E-state index is 3.45. The van der Waals surface area contributed by atoms with Gasteiger partial charge in [0.1, 0.15) is 0 Å². The molecule has 0 saturated carbocycles. The molecular formula is C11H18N2S. The van der Waals surface area contributed by atoms with Gasteiger partial charge in [-0.2, -0.15) is 0 Å². The van der Waals surface area contributed by atoms with Crippen molar-refractivity contribution >= 4 is 11.3 Å². The summed E-state index contributed by atoms with van der Waals surface area (Å²) in [6.07, 6.45) is 0. The molecule has 0 unspecified atom stereocenters. The minimum Gasteiger partial charge on any atom is -0.314 e. The highest BCUT2D eigenvalue weighted by Gasteiger charge is 2.29. The van der Waals surface area contributed by atoms with E-state index in [9.17, 15) is 0 Å². The summed E-state index contributed by atoms with van der Waals surface area (Å²) in [5, 5.41) is 5.60. The van der Waals surface area contributed by atoms with Gasteiger partial charge in [-0.25, -0.2) is 0 Å². The standard InChI is InChI=1S/C11H18N2S/c1-11(2)9-12-5-6-13(11)8-10-4-3-7-14-10/h3-4,7,12H,5-6,8-9H2,1-2H3. The molecule has 0 bridgehead atoms. The number of hydrogen-bond acceptors (Lipinski definition) is 3. The summed E-state index contributed by atoms with van der Waals surface area (Å²) in [5.74, 6) is 0. The maximum Gasteiger partial charge on any atom is 0.0334 e. The van der Waals surface area contributed by atoms with Crippen molar-refractivity contribution in [2.75, 3.05) is 19.6 Å². The Morgan fingerprint density at radius 3 is 3.07 bits per heavy atom. The Morgan fingerprint density at radius 2 is 2.43 bits per heavy atom. The summed E-state index contributed by atoms with van der Waals surface area (Å²) in [6.45, 7) is 9.10. The SMILES string of the molecule is CC1(C)CNCCN1Cc1cccs1. The number of nitrogens with zero attached hydrogens (tertiary/aromatic N) is 1. The molecule has 0 spiro atoms. The zero-order chi connectivity index (χ0) is 10.0. The van der Waals surface area contributed by atoms with E-state index in [4.69, 9.17) is 0 Å². The van der Waals surface area contributed by atoms with Crippen molar-refractivity contribution in [3.8, 4) is 0 Å². The van der Waals surface area contributed by atoms with Crippen LogP contribution in [0.4, 0.5) is 0 Å². The molecule has 1 saturated heterocycles. The van der Waals surface area contributed by atoms with E-state index in [1.165, 1.54) is 4.88 Å². The van der Waals surface area contributed by atoms with E-state index >= 15 is 0 Å². The number of rotatable bonds is 2. The smallest absolute Gasteiger partial charge is 0.0334 e. The monoisotopic (exact) mass is 210 g/mol. The highest BCUT2D eigenvalue weighted by atomic mass is 32.1. The molecule has 0 atom stereocenters. The zero-order valence-corrected chi connectivity index (χ0v) is 9.73. The molecule has 2 heterocycles. The molecular weight excluding hydrogens is 192 g/mol. The van der Waals surface area contributed by atoms with Gasteiger partial charge < -0.3 is 5.32 Å². The Morgan fingerprint density at radius 1 is 1.57 bits per heavy atom. The van der Waals surface area contributed by atoms with Crippen molar-refractivity contribution in [1.82, 2.24) is 10.2 Å². The lowest BCUT2D eigenvalue weighted by Gasteiger charge is -2.42. The molecule has 78 valence electrons. The second-order valence-corrected chi connectivity index (χ2v) is 5.52. The van der Waals surface area contributed by atoms with Crippen LogP contribution in [-0.4, -0.2) is 30.1 Å². The molecule has 1 N–H and O–H groups in total. The second-order valence-electron chi connectivity index (χ2n) is 4.49. The predicted octanol–water partition coefficient (Wildman–Crippen LogP) is 1.93. The van der Waals surface area contributed by atoms with Gasteiger partial charge in [0.15, 0.2) is 0 Å². The van der Waals surface area contributed by atoms with Gasteiger partial charge in [-0.15, -0.1) is 11.3 Å². The van der Waals surface area contributed by atoms with Crippen LogP contribution in [0.25, 0.3) is 0 Å². The molecule has 0 aliphatic carbocycles. The van der Waals surface area contributed by atoms with Crippen LogP contribution in [-0.2, 0) is 6.54 Å². The van der Waals surface area contributed by atoms with Crippen LogP contribution in [0.5, 0.6) is 0 Å². The van der Waals surface area contributed by atoms with Gasteiger partial charge >= 0.3 is 0 Å². The molecule has 1 aromatic rings. The van der Waals surface area contributed by atoms with Gasteiger partial charge in [-0.05, 0) is 25.3 Å². The third kappa shape index (κ3) is 2.16. The number of thiophene rings is 1. The third-order valence-electron chi connectivity index (χ3n) is 2.90. The van der Waals surface area contributed by atoms with Crippen LogP contribution >= 0.6 is 11.3 Å². The minimum absolute atomic E-state index is 0.294. The highest BCUT2D eigenvalue weighted by molar-refractivity contribution is 7.09. The van der Waals surface area contributed by atoms with E-state index in [2.05, 4.69) is 41.6 Å². The van der Waals surface area contributed by atoms with Crippen molar-refractivity contribution < 1.29 is 0 Å². The molecule has 1 aliphatic rings. The van der Waals surface area contributed by atoms with Crippen molar-refractivity contribution in [3.05, 3.63) is 22.4 Å². The van der Waals surface area contributed by atoms with Gasteiger partial charge in [0.05, 0.1) is 0 Å². The first kappa shape index (κ1) is 10.1. The fraction of sp³-hybridized carbons (Fsp3) is 0.636. The molecule has 1 fully saturated rings. The van der Waals surface area contributed by atoms with Gasteiger partial charge in [-0.3, -0.25) is 4.90 Å². The van der Waals surface area contributed by atoms with E-state index < -0.39 is 0 Å². The summed E-state index contributed by atoms with van der Waals surface area (Å²) >= 11 is 1.86.